The molecule has 0 atom stereocenters. The van der Waals surface area contributed by atoms with Crippen molar-refractivity contribution in [2.45, 2.75) is 50.5 Å². The molecule has 170 valence electrons. The fraction of sp³-hybridized carbons (Fsp3) is 0.440. The molecule has 32 heavy (non-hydrogen) atoms. The van der Waals surface area contributed by atoms with Gasteiger partial charge in [0.1, 0.15) is 5.75 Å². The van der Waals surface area contributed by atoms with Gasteiger partial charge in [-0.2, -0.15) is 5.26 Å². The number of amides is 1. The van der Waals surface area contributed by atoms with E-state index in [0.29, 0.717) is 17.2 Å². The second-order valence-corrected chi connectivity index (χ2v) is 10.3. The summed E-state index contributed by atoms with van der Waals surface area (Å²) in [5, 5.41) is 12.9. The van der Waals surface area contributed by atoms with E-state index in [0.717, 1.165) is 49.4 Å². The van der Waals surface area contributed by atoms with E-state index < -0.39 is 5.41 Å². The van der Waals surface area contributed by atoms with E-state index in [9.17, 15) is 4.79 Å². The third-order valence-corrected chi connectivity index (χ3v) is 7.01. The Morgan fingerprint density at radius 3 is 2.47 bits per heavy atom. The molecule has 5 nitrogen and oxygen atoms in total. The predicted molar refractivity (Wildman–Crippen MR) is 130 cm³/mol. The molecule has 0 aromatic heterocycles. The average molecular weight is 472 g/mol. The topological polar surface area (TPSA) is 65.4 Å². The van der Waals surface area contributed by atoms with Crippen LogP contribution in [0, 0.1) is 16.7 Å². The van der Waals surface area contributed by atoms with Gasteiger partial charge in [0.05, 0.1) is 18.2 Å². The Hall–Kier alpha value is -2.20. The quantitative estimate of drug-likeness (QED) is 0.376. The first-order valence-corrected chi connectivity index (χ1v) is 12.1. The predicted octanol–water partition coefficient (Wildman–Crippen LogP) is 5.68. The zero-order valence-electron chi connectivity index (χ0n) is 18.6. The number of benzene rings is 2. The highest BCUT2D eigenvalue weighted by molar-refractivity contribution is 7.97. The molecule has 0 aliphatic carbocycles. The summed E-state index contributed by atoms with van der Waals surface area (Å²) in [6.07, 6.45) is 3.44. The van der Waals surface area contributed by atoms with Gasteiger partial charge in [0, 0.05) is 34.5 Å². The lowest BCUT2D eigenvalue weighted by atomic mass is 9.86. The minimum atomic E-state index is -0.433. The van der Waals surface area contributed by atoms with Crippen molar-refractivity contribution in [3.63, 3.8) is 0 Å². The highest BCUT2D eigenvalue weighted by Crippen LogP contribution is 2.28. The maximum absolute atomic E-state index is 12.9. The molecular weight excluding hydrogens is 442 g/mol. The number of rotatable bonds is 9. The largest absolute Gasteiger partial charge is 0.494 e. The third-order valence-electron chi connectivity index (χ3n) is 5.65. The van der Waals surface area contributed by atoms with Crippen LogP contribution in [-0.4, -0.2) is 36.0 Å². The van der Waals surface area contributed by atoms with Gasteiger partial charge in [-0.1, -0.05) is 25.4 Å². The second kappa shape index (κ2) is 11.6. The SMILES string of the molecule is CC(C)(CCCOc1ccc(Cl)cc1)C(=O)NC1CCN(Sc2ccc(C#N)cc2)CC1. The van der Waals surface area contributed by atoms with E-state index in [1.54, 1.807) is 11.9 Å². The van der Waals surface area contributed by atoms with Gasteiger partial charge in [0.2, 0.25) is 5.91 Å². The average Bonchev–Trinajstić information content (AvgIpc) is 2.79. The molecule has 1 saturated heterocycles. The lowest BCUT2D eigenvalue weighted by Gasteiger charge is -2.33. The molecule has 2 aromatic carbocycles. The Bertz CT molecular complexity index is 918. The van der Waals surface area contributed by atoms with Crippen LogP contribution in [0.5, 0.6) is 5.75 Å². The Kier molecular flexibility index (Phi) is 8.86. The first-order chi connectivity index (χ1) is 15.4. The normalized spacial score (nSPS) is 15.2. The second-order valence-electron chi connectivity index (χ2n) is 8.69. The molecule has 0 saturated carbocycles. The van der Waals surface area contributed by atoms with Crippen LogP contribution in [-0.2, 0) is 4.79 Å². The highest BCUT2D eigenvalue weighted by atomic mass is 35.5. The van der Waals surface area contributed by atoms with Crippen LogP contribution in [0.25, 0.3) is 0 Å². The summed E-state index contributed by atoms with van der Waals surface area (Å²) < 4.78 is 8.07. The number of ether oxygens (including phenoxy) is 1. The molecule has 1 aliphatic heterocycles. The molecule has 1 heterocycles. The number of piperidine rings is 1. The fourth-order valence-corrected chi connectivity index (χ4v) is 4.64. The number of hydrogen-bond donors (Lipinski definition) is 1. The maximum atomic E-state index is 12.9. The van der Waals surface area contributed by atoms with Crippen molar-refractivity contribution in [1.82, 2.24) is 9.62 Å². The summed E-state index contributed by atoms with van der Waals surface area (Å²) >= 11 is 7.60. The van der Waals surface area contributed by atoms with Crippen molar-refractivity contribution >= 4 is 29.5 Å². The number of nitrogens with zero attached hydrogens (tertiary/aromatic N) is 2. The molecule has 7 heteroatoms. The minimum Gasteiger partial charge on any atom is -0.494 e. The number of halogens is 1. The molecule has 1 N–H and O–H groups in total. The van der Waals surface area contributed by atoms with Gasteiger partial charge in [-0.15, -0.1) is 0 Å². The van der Waals surface area contributed by atoms with Crippen molar-refractivity contribution in [3.8, 4) is 11.8 Å². The van der Waals surface area contributed by atoms with Gasteiger partial charge in [0.15, 0.2) is 0 Å². The monoisotopic (exact) mass is 471 g/mol. The number of carbonyl (C=O) groups is 1. The number of nitrogens with one attached hydrogen (secondary N) is 1. The molecule has 0 bridgehead atoms. The molecule has 0 radical (unpaired) electrons. The standard InChI is InChI=1S/C25H30ClN3O2S/c1-25(2,14-3-17-31-22-8-6-20(26)7-9-22)24(30)28-21-12-15-29(16-13-21)32-23-10-4-19(18-27)5-11-23/h4-11,21H,3,12-17H2,1-2H3,(H,28,30). The molecule has 1 aliphatic rings. The van der Waals surface area contributed by atoms with Gasteiger partial charge >= 0.3 is 0 Å². The Morgan fingerprint density at radius 2 is 1.84 bits per heavy atom. The molecule has 2 aromatic rings. The van der Waals surface area contributed by atoms with Crippen LogP contribution < -0.4 is 10.1 Å². The molecule has 1 amide bonds. The van der Waals surface area contributed by atoms with Gasteiger partial charge in [0.25, 0.3) is 0 Å². The van der Waals surface area contributed by atoms with Gasteiger partial charge in [-0.3, -0.25) is 4.79 Å². The van der Waals surface area contributed by atoms with Gasteiger partial charge in [-0.25, -0.2) is 4.31 Å². The Morgan fingerprint density at radius 1 is 1.19 bits per heavy atom. The zero-order chi connectivity index (χ0) is 23.0. The number of hydrogen-bond acceptors (Lipinski definition) is 5. The van der Waals surface area contributed by atoms with Crippen molar-refractivity contribution in [1.29, 1.82) is 5.26 Å². The molecule has 1 fully saturated rings. The van der Waals surface area contributed by atoms with E-state index in [1.165, 1.54) is 0 Å². The Balaban J connectivity index is 1.36. The van der Waals surface area contributed by atoms with Crippen LogP contribution in [0.3, 0.4) is 0 Å². The minimum absolute atomic E-state index is 0.113. The van der Waals surface area contributed by atoms with Crippen molar-refractivity contribution < 1.29 is 9.53 Å². The smallest absolute Gasteiger partial charge is 0.225 e. The van der Waals surface area contributed by atoms with Crippen molar-refractivity contribution in [2.24, 2.45) is 5.41 Å². The van der Waals surface area contributed by atoms with E-state index in [2.05, 4.69) is 15.7 Å². The van der Waals surface area contributed by atoms with Crippen LogP contribution in [0.1, 0.15) is 45.1 Å². The fourth-order valence-electron chi connectivity index (χ4n) is 3.56. The lowest BCUT2D eigenvalue weighted by molar-refractivity contribution is -0.130. The maximum Gasteiger partial charge on any atom is 0.225 e. The van der Waals surface area contributed by atoms with Crippen LogP contribution in [0.2, 0.25) is 5.02 Å². The van der Waals surface area contributed by atoms with Gasteiger partial charge in [-0.05, 0) is 86.2 Å². The van der Waals surface area contributed by atoms with E-state index >= 15 is 0 Å². The molecule has 0 spiro atoms. The summed E-state index contributed by atoms with van der Waals surface area (Å²) in [6, 6.07) is 17.3. The molecule has 3 rings (SSSR count). The zero-order valence-corrected chi connectivity index (χ0v) is 20.2. The summed E-state index contributed by atoms with van der Waals surface area (Å²) in [5.74, 6) is 0.907. The van der Waals surface area contributed by atoms with Crippen molar-refractivity contribution in [3.05, 3.63) is 59.1 Å². The first-order valence-electron chi connectivity index (χ1n) is 11.0. The van der Waals surface area contributed by atoms with Gasteiger partial charge < -0.3 is 10.1 Å². The summed E-state index contributed by atoms with van der Waals surface area (Å²) in [4.78, 5) is 14.0. The first kappa shape index (κ1) is 24.4. The number of carbonyl (C=O) groups excluding carboxylic acids is 1. The molecular formula is C25H30ClN3O2S. The summed E-state index contributed by atoms with van der Waals surface area (Å²) in [5.41, 5.74) is 0.243. The van der Waals surface area contributed by atoms with E-state index in [4.69, 9.17) is 21.6 Å². The van der Waals surface area contributed by atoms with Crippen LogP contribution in [0.15, 0.2) is 53.4 Å². The summed E-state index contributed by atoms with van der Waals surface area (Å²) in [6.45, 7) is 6.42. The number of nitriles is 1. The Labute approximate surface area is 200 Å². The van der Waals surface area contributed by atoms with E-state index in [-0.39, 0.29) is 11.9 Å². The summed E-state index contributed by atoms with van der Waals surface area (Å²) in [7, 11) is 0. The highest BCUT2D eigenvalue weighted by Gasteiger charge is 2.30. The lowest BCUT2D eigenvalue weighted by Crippen LogP contribution is -2.47. The molecule has 0 unspecified atom stereocenters. The van der Waals surface area contributed by atoms with Crippen LogP contribution in [0.4, 0.5) is 0 Å². The van der Waals surface area contributed by atoms with Crippen LogP contribution >= 0.6 is 23.5 Å². The third kappa shape index (κ3) is 7.44. The van der Waals surface area contributed by atoms with Crippen molar-refractivity contribution in [2.75, 3.05) is 19.7 Å². The van der Waals surface area contributed by atoms with E-state index in [1.807, 2.05) is 62.4 Å².